The summed E-state index contributed by atoms with van der Waals surface area (Å²) in [6, 6.07) is 19.8. The van der Waals surface area contributed by atoms with Gasteiger partial charge in [0.15, 0.2) is 4.96 Å². The maximum absolute atomic E-state index is 12.3. The Kier molecular flexibility index (Phi) is 4.14. The molecule has 0 bridgehead atoms. The number of benzene rings is 2. The van der Waals surface area contributed by atoms with Gasteiger partial charge in [-0.1, -0.05) is 42.5 Å². The molecule has 5 aromatic rings. The van der Waals surface area contributed by atoms with E-state index in [0.29, 0.717) is 18.1 Å². The van der Waals surface area contributed by atoms with E-state index in [0.717, 1.165) is 22.7 Å². The maximum Gasteiger partial charge on any atom is 0.258 e. The number of hydrogen-bond acceptors (Lipinski definition) is 5. The van der Waals surface area contributed by atoms with Crippen molar-refractivity contribution in [3.05, 3.63) is 93.9 Å². The van der Waals surface area contributed by atoms with Gasteiger partial charge in [0.1, 0.15) is 0 Å². The minimum atomic E-state index is -0.0653. The molecule has 138 valence electrons. The van der Waals surface area contributed by atoms with Crippen molar-refractivity contribution < 1.29 is 0 Å². The second-order valence-electron chi connectivity index (χ2n) is 6.49. The first kappa shape index (κ1) is 16.7. The van der Waals surface area contributed by atoms with E-state index in [1.54, 1.807) is 16.7 Å². The zero-order valence-electron chi connectivity index (χ0n) is 14.9. The fourth-order valence-corrected chi connectivity index (χ4v) is 4.02. The summed E-state index contributed by atoms with van der Waals surface area (Å²) in [5.74, 6) is 0.762. The van der Waals surface area contributed by atoms with Gasteiger partial charge in [0.05, 0.1) is 23.3 Å². The topological polar surface area (TPSA) is 64.2 Å². The Morgan fingerprint density at radius 1 is 1.00 bits per heavy atom. The number of anilines is 1. The van der Waals surface area contributed by atoms with Crippen LogP contribution in [0.15, 0.2) is 77.0 Å². The Labute approximate surface area is 164 Å². The molecule has 0 spiro atoms. The zero-order valence-corrected chi connectivity index (χ0v) is 15.8. The molecule has 0 aliphatic heterocycles. The molecule has 0 saturated carbocycles. The highest BCUT2D eigenvalue weighted by Crippen LogP contribution is 2.21. The molecule has 1 N–H and O–H groups in total. The first-order valence-corrected chi connectivity index (χ1v) is 9.85. The minimum absolute atomic E-state index is 0.0653. The fourth-order valence-electron chi connectivity index (χ4n) is 3.28. The lowest BCUT2D eigenvalue weighted by Gasteiger charge is -2.11. The number of hydrogen-bond donors (Lipinski definition) is 1. The third-order valence-corrected chi connectivity index (χ3v) is 5.38. The van der Waals surface area contributed by atoms with Gasteiger partial charge in [-0.2, -0.15) is 0 Å². The molecule has 5 rings (SSSR count). The van der Waals surface area contributed by atoms with Crippen LogP contribution in [0.4, 0.5) is 5.95 Å². The number of thiazole rings is 1. The largest absolute Gasteiger partial charge is 0.352 e. The number of aromatic nitrogens is 4. The highest BCUT2D eigenvalue weighted by molar-refractivity contribution is 7.15. The Morgan fingerprint density at radius 2 is 1.82 bits per heavy atom. The molecule has 3 aromatic heterocycles. The predicted octanol–water partition coefficient (Wildman–Crippen LogP) is 3.77. The van der Waals surface area contributed by atoms with Gasteiger partial charge >= 0.3 is 0 Å². The van der Waals surface area contributed by atoms with Crippen molar-refractivity contribution in [3.63, 3.8) is 0 Å². The molecule has 0 radical (unpaired) electrons. The molecule has 0 aliphatic rings. The van der Waals surface area contributed by atoms with Crippen LogP contribution in [0, 0.1) is 0 Å². The van der Waals surface area contributed by atoms with Gasteiger partial charge in [0.25, 0.3) is 5.56 Å². The Hall–Kier alpha value is -3.45. The molecule has 0 saturated heterocycles. The SMILES string of the molecule is O=c1cc(Cn2c(NCc3ccccc3)nc3ccccc32)nc2sccn12. The lowest BCUT2D eigenvalue weighted by molar-refractivity contribution is 0.793. The summed E-state index contributed by atoms with van der Waals surface area (Å²) in [5, 5.41) is 5.30. The number of imidazole rings is 1. The molecule has 0 fully saturated rings. The van der Waals surface area contributed by atoms with Gasteiger partial charge in [-0.15, -0.1) is 11.3 Å². The van der Waals surface area contributed by atoms with Crippen molar-refractivity contribution >= 4 is 33.3 Å². The Bertz CT molecular complexity index is 1320. The number of rotatable bonds is 5. The van der Waals surface area contributed by atoms with E-state index >= 15 is 0 Å². The smallest absolute Gasteiger partial charge is 0.258 e. The third kappa shape index (κ3) is 3.05. The molecule has 0 unspecified atom stereocenters. The number of fused-ring (bicyclic) bond motifs is 2. The van der Waals surface area contributed by atoms with Crippen molar-refractivity contribution in [3.8, 4) is 0 Å². The monoisotopic (exact) mass is 387 g/mol. The fraction of sp³-hybridized carbons (Fsp3) is 0.0952. The van der Waals surface area contributed by atoms with Crippen molar-refractivity contribution in [2.24, 2.45) is 0 Å². The van der Waals surface area contributed by atoms with Crippen LogP contribution < -0.4 is 10.9 Å². The summed E-state index contributed by atoms with van der Waals surface area (Å²) < 4.78 is 3.64. The van der Waals surface area contributed by atoms with Crippen LogP contribution in [-0.2, 0) is 13.1 Å². The molecule has 3 heterocycles. The number of para-hydroxylation sites is 2. The molecule has 0 aliphatic carbocycles. The zero-order chi connectivity index (χ0) is 18.9. The molecule has 0 atom stereocenters. The summed E-state index contributed by atoms with van der Waals surface area (Å²) in [6.45, 7) is 1.14. The minimum Gasteiger partial charge on any atom is -0.352 e. The van der Waals surface area contributed by atoms with Crippen LogP contribution >= 0.6 is 11.3 Å². The summed E-state index contributed by atoms with van der Waals surface area (Å²) in [5.41, 5.74) is 3.75. The van der Waals surface area contributed by atoms with E-state index in [-0.39, 0.29) is 5.56 Å². The third-order valence-electron chi connectivity index (χ3n) is 4.62. The van der Waals surface area contributed by atoms with Gasteiger partial charge in [-0.25, -0.2) is 9.97 Å². The quantitative estimate of drug-likeness (QED) is 0.499. The van der Waals surface area contributed by atoms with Crippen molar-refractivity contribution in [2.75, 3.05) is 5.32 Å². The van der Waals surface area contributed by atoms with E-state index in [9.17, 15) is 4.79 Å². The van der Waals surface area contributed by atoms with Crippen molar-refractivity contribution in [1.29, 1.82) is 0 Å². The van der Waals surface area contributed by atoms with Gasteiger partial charge in [0, 0.05) is 24.2 Å². The second kappa shape index (κ2) is 6.94. The molecular formula is C21H17N5OS. The van der Waals surface area contributed by atoms with Crippen LogP contribution in [0.1, 0.15) is 11.3 Å². The first-order valence-electron chi connectivity index (χ1n) is 8.97. The highest BCUT2D eigenvalue weighted by Gasteiger charge is 2.13. The van der Waals surface area contributed by atoms with Crippen molar-refractivity contribution in [2.45, 2.75) is 13.1 Å². The van der Waals surface area contributed by atoms with Crippen LogP contribution in [0.5, 0.6) is 0 Å². The standard InChI is InChI=1S/C21H17N5OS/c27-19-12-16(23-21-25(19)10-11-28-21)14-26-18-9-5-4-8-17(18)24-20(26)22-13-15-6-2-1-3-7-15/h1-12H,13-14H2,(H,22,24). The number of nitrogens with one attached hydrogen (secondary N) is 1. The molecule has 6 nitrogen and oxygen atoms in total. The normalized spacial score (nSPS) is 11.3. The maximum atomic E-state index is 12.3. The van der Waals surface area contributed by atoms with Crippen LogP contribution in [-0.4, -0.2) is 18.9 Å². The number of nitrogens with zero attached hydrogens (tertiary/aromatic N) is 4. The first-order chi connectivity index (χ1) is 13.8. The van der Waals surface area contributed by atoms with Gasteiger partial charge < -0.3 is 9.88 Å². The molecule has 2 aromatic carbocycles. The van der Waals surface area contributed by atoms with Crippen LogP contribution in [0.25, 0.3) is 16.0 Å². The van der Waals surface area contributed by atoms with Crippen molar-refractivity contribution in [1.82, 2.24) is 18.9 Å². The Balaban J connectivity index is 1.53. The van der Waals surface area contributed by atoms with Crippen LogP contribution in [0.3, 0.4) is 0 Å². The average molecular weight is 387 g/mol. The van der Waals surface area contributed by atoms with E-state index in [2.05, 4.69) is 27.0 Å². The lowest BCUT2D eigenvalue weighted by atomic mass is 10.2. The molecular weight excluding hydrogens is 370 g/mol. The van der Waals surface area contributed by atoms with E-state index in [1.807, 2.05) is 47.8 Å². The van der Waals surface area contributed by atoms with Gasteiger partial charge in [0.2, 0.25) is 5.95 Å². The molecule has 28 heavy (non-hydrogen) atoms. The molecule has 7 heteroatoms. The van der Waals surface area contributed by atoms with Crippen LogP contribution in [0.2, 0.25) is 0 Å². The van der Waals surface area contributed by atoms with Gasteiger partial charge in [-0.3, -0.25) is 9.20 Å². The summed E-state index contributed by atoms with van der Waals surface area (Å²) in [4.78, 5) is 22.4. The van der Waals surface area contributed by atoms with Gasteiger partial charge in [-0.05, 0) is 17.7 Å². The Morgan fingerprint density at radius 3 is 2.71 bits per heavy atom. The average Bonchev–Trinajstić information content (AvgIpc) is 3.33. The van der Waals surface area contributed by atoms with E-state index in [4.69, 9.17) is 4.98 Å². The lowest BCUT2D eigenvalue weighted by Crippen LogP contribution is -2.15. The second-order valence-corrected chi connectivity index (χ2v) is 7.36. The summed E-state index contributed by atoms with van der Waals surface area (Å²) >= 11 is 1.45. The summed E-state index contributed by atoms with van der Waals surface area (Å²) in [7, 11) is 0. The van der Waals surface area contributed by atoms with E-state index in [1.165, 1.54) is 16.9 Å². The summed E-state index contributed by atoms with van der Waals surface area (Å²) in [6.07, 6.45) is 1.75. The predicted molar refractivity (Wildman–Crippen MR) is 112 cm³/mol. The highest BCUT2D eigenvalue weighted by atomic mass is 32.1. The molecule has 0 amide bonds. The van der Waals surface area contributed by atoms with E-state index < -0.39 is 0 Å².